The first-order chi connectivity index (χ1) is 9.74. The third kappa shape index (κ3) is 2.36. The minimum atomic E-state index is 0.211. The summed E-state index contributed by atoms with van der Waals surface area (Å²) in [6.07, 6.45) is 2.81. The first-order valence-corrected chi connectivity index (χ1v) is 8.13. The van der Waals surface area contributed by atoms with Gasteiger partial charge in [0.25, 0.3) is 0 Å². The molecule has 2 aromatic rings. The van der Waals surface area contributed by atoms with Crippen molar-refractivity contribution < 1.29 is 0 Å². The Balaban J connectivity index is 1.91. The lowest BCUT2D eigenvalue weighted by molar-refractivity contribution is 0.501. The average molecular weight is 308 g/mol. The second-order valence-corrected chi connectivity index (χ2v) is 6.62. The van der Waals surface area contributed by atoms with E-state index in [4.69, 9.17) is 11.6 Å². The molecular weight excluding hydrogens is 290 g/mol. The predicted octanol–water partition coefficient (Wildman–Crippen LogP) is 3.53. The summed E-state index contributed by atoms with van der Waals surface area (Å²) in [5.41, 5.74) is 2.53. The summed E-state index contributed by atoms with van der Waals surface area (Å²) < 4.78 is 1.99. The molecule has 1 N–H and O–H groups in total. The van der Waals surface area contributed by atoms with E-state index in [9.17, 15) is 0 Å². The van der Waals surface area contributed by atoms with Crippen molar-refractivity contribution in [1.29, 1.82) is 0 Å². The molecule has 3 nitrogen and oxygen atoms in total. The van der Waals surface area contributed by atoms with Crippen LogP contribution in [0.1, 0.15) is 24.2 Å². The van der Waals surface area contributed by atoms with E-state index < -0.39 is 0 Å². The third-order valence-corrected chi connectivity index (χ3v) is 5.47. The highest BCUT2D eigenvalue weighted by molar-refractivity contribution is 8.00. The maximum Gasteiger partial charge on any atom is 0.0834 e. The molecule has 5 heteroatoms. The smallest absolute Gasteiger partial charge is 0.0834 e. The van der Waals surface area contributed by atoms with E-state index in [2.05, 4.69) is 41.6 Å². The van der Waals surface area contributed by atoms with E-state index in [1.165, 1.54) is 10.5 Å². The number of aromatic nitrogens is 2. The Morgan fingerprint density at radius 2 is 2.30 bits per heavy atom. The molecule has 2 unspecified atom stereocenters. The Morgan fingerprint density at radius 3 is 3.00 bits per heavy atom. The van der Waals surface area contributed by atoms with Crippen LogP contribution in [0.5, 0.6) is 0 Å². The fraction of sp³-hybridized carbons (Fsp3) is 0.400. The van der Waals surface area contributed by atoms with Crippen molar-refractivity contribution >= 4 is 23.4 Å². The molecule has 0 saturated carbocycles. The van der Waals surface area contributed by atoms with Crippen LogP contribution in [0.25, 0.3) is 0 Å². The van der Waals surface area contributed by atoms with Gasteiger partial charge in [-0.25, -0.2) is 0 Å². The highest BCUT2D eigenvalue weighted by atomic mass is 35.5. The molecule has 0 saturated heterocycles. The summed E-state index contributed by atoms with van der Waals surface area (Å²) in [5, 5.41) is 9.00. The number of benzene rings is 1. The average Bonchev–Trinajstić information content (AvgIpc) is 3.04. The molecule has 1 aromatic heterocycles. The molecule has 0 bridgehead atoms. The summed E-state index contributed by atoms with van der Waals surface area (Å²) in [5.74, 6) is 0. The van der Waals surface area contributed by atoms with Crippen molar-refractivity contribution in [2.24, 2.45) is 0 Å². The summed E-state index contributed by atoms with van der Waals surface area (Å²) >= 11 is 8.29. The zero-order valence-corrected chi connectivity index (χ0v) is 13.2. The van der Waals surface area contributed by atoms with Crippen LogP contribution < -0.4 is 5.32 Å². The van der Waals surface area contributed by atoms with Crippen LogP contribution in [0.2, 0.25) is 5.02 Å². The number of nitrogens with zero attached hydrogens (tertiary/aromatic N) is 2. The molecule has 1 aliphatic heterocycles. The predicted molar refractivity (Wildman–Crippen MR) is 84.5 cm³/mol. The molecule has 0 aliphatic carbocycles. The van der Waals surface area contributed by atoms with Gasteiger partial charge in [0, 0.05) is 16.7 Å². The number of fused-ring (bicyclic) bond motifs is 1. The van der Waals surface area contributed by atoms with Crippen molar-refractivity contribution in [2.45, 2.75) is 36.1 Å². The molecule has 20 heavy (non-hydrogen) atoms. The summed E-state index contributed by atoms with van der Waals surface area (Å²) in [6, 6.07) is 8.84. The van der Waals surface area contributed by atoms with E-state index in [1.807, 2.05) is 23.5 Å². The summed E-state index contributed by atoms with van der Waals surface area (Å²) in [7, 11) is 2.00. The molecule has 0 spiro atoms. The van der Waals surface area contributed by atoms with E-state index in [0.29, 0.717) is 5.25 Å². The SMILES string of the molecule is CCn1ncc(Cl)c1C(NC)C1Cc2ccccc2S1. The number of thioether (sulfide) groups is 1. The lowest BCUT2D eigenvalue weighted by atomic mass is 10.0. The van der Waals surface area contributed by atoms with Gasteiger partial charge >= 0.3 is 0 Å². The minimum absolute atomic E-state index is 0.211. The second-order valence-electron chi connectivity index (χ2n) is 4.93. The lowest BCUT2D eigenvalue weighted by Crippen LogP contribution is -2.29. The highest BCUT2D eigenvalue weighted by Gasteiger charge is 2.32. The fourth-order valence-corrected chi connectivity index (χ4v) is 4.54. The monoisotopic (exact) mass is 307 g/mol. The Kier molecular flexibility index (Phi) is 4.06. The van der Waals surface area contributed by atoms with Gasteiger partial charge in [0.2, 0.25) is 0 Å². The van der Waals surface area contributed by atoms with Gasteiger partial charge in [0.15, 0.2) is 0 Å². The number of halogens is 1. The van der Waals surface area contributed by atoms with Gasteiger partial charge < -0.3 is 5.32 Å². The van der Waals surface area contributed by atoms with Gasteiger partial charge in [0.1, 0.15) is 0 Å². The zero-order valence-electron chi connectivity index (χ0n) is 11.6. The Bertz CT molecular complexity index is 586. The molecule has 3 rings (SSSR count). The van der Waals surface area contributed by atoms with Crippen molar-refractivity contribution in [3.05, 3.63) is 46.7 Å². The Labute approximate surface area is 128 Å². The zero-order chi connectivity index (χ0) is 14.1. The maximum atomic E-state index is 6.35. The Morgan fingerprint density at radius 1 is 1.50 bits per heavy atom. The topological polar surface area (TPSA) is 29.9 Å². The van der Waals surface area contributed by atoms with Gasteiger partial charge in [-0.1, -0.05) is 29.8 Å². The van der Waals surface area contributed by atoms with Crippen molar-refractivity contribution in [3.63, 3.8) is 0 Å². The standard InChI is InChI=1S/C15H18ClN3S/c1-3-19-15(11(16)9-18-19)14(17-2)13-8-10-6-4-5-7-12(10)20-13/h4-7,9,13-14,17H,3,8H2,1-2H3. The van der Waals surface area contributed by atoms with Crippen molar-refractivity contribution in [3.8, 4) is 0 Å². The largest absolute Gasteiger partial charge is 0.311 e. The van der Waals surface area contributed by atoms with Crippen LogP contribution in [0, 0.1) is 0 Å². The van der Waals surface area contributed by atoms with Crippen LogP contribution in [-0.2, 0) is 13.0 Å². The number of aryl methyl sites for hydroxylation is 1. The number of rotatable bonds is 4. The molecule has 0 amide bonds. The molecule has 1 aliphatic rings. The van der Waals surface area contributed by atoms with Gasteiger partial charge in [-0.3, -0.25) is 4.68 Å². The molecular formula is C15H18ClN3S. The Hall–Kier alpha value is -0.970. The molecule has 2 heterocycles. The van der Waals surface area contributed by atoms with E-state index in [1.54, 1.807) is 6.20 Å². The van der Waals surface area contributed by atoms with E-state index in [0.717, 1.165) is 23.7 Å². The number of nitrogens with one attached hydrogen (secondary N) is 1. The second kappa shape index (κ2) is 5.80. The number of hydrogen-bond donors (Lipinski definition) is 1. The minimum Gasteiger partial charge on any atom is -0.311 e. The lowest BCUT2D eigenvalue weighted by Gasteiger charge is -2.23. The first kappa shape index (κ1) is 14.0. The normalized spacial score (nSPS) is 19.1. The van der Waals surface area contributed by atoms with Crippen LogP contribution in [0.15, 0.2) is 35.4 Å². The molecule has 0 radical (unpaired) electrons. The van der Waals surface area contributed by atoms with Gasteiger partial charge in [-0.2, -0.15) is 5.10 Å². The first-order valence-electron chi connectivity index (χ1n) is 6.87. The molecule has 0 fully saturated rings. The molecule has 2 atom stereocenters. The van der Waals surface area contributed by atoms with Crippen LogP contribution >= 0.6 is 23.4 Å². The quantitative estimate of drug-likeness (QED) is 0.937. The van der Waals surface area contributed by atoms with Crippen molar-refractivity contribution in [1.82, 2.24) is 15.1 Å². The van der Waals surface area contributed by atoms with Crippen LogP contribution in [-0.4, -0.2) is 22.1 Å². The van der Waals surface area contributed by atoms with Crippen LogP contribution in [0.3, 0.4) is 0 Å². The van der Waals surface area contributed by atoms with E-state index in [-0.39, 0.29) is 6.04 Å². The van der Waals surface area contributed by atoms with E-state index >= 15 is 0 Å². The maximum absolute atomic E-state index is 6.35. The molecule has 106 valence electrons. The van der Waals surface area contributed by atoms with Gasteiger partial charge in [-0.05, 0) is 32.0 Å². The third-order valence-electron chi connectivity index (χ3n) is 3.78. The number of hydrogen-bond acceptors (Lipinski definition) is 3. The molecule has 1 aromatic carbocycles. The summed E-state index contributed by atoms with van der Waals surface area (Å²) in [6.45, 7) is 2.93. The van der Waals surface area contributed by atoms with Crippen molar-refractivity contribution in [2.75, 3.05) is 7.05 Å². The van der Waals surface area contributed by atoms with Gasteiger partial charge in [-0.15, -0.1) is 11.8 Å². The fourth-order valence-electron chi connectivity index (χ4n) is 2.83. The van der Waals surface area contributed by atoms with Crippen LogP contribution in [0.4, 0.5) is 0 Å². The summed E-state index contributed by atoms with van der Waals surface area (Å²) in [4.78, 5) is 1.39. The van der Waals surface area contributed by atoms with Gasteiger partial charge in [0.05, 0.1) is 23.0 Å². The highest BCUT2D eigenvalue weighted by Crippen LogP contribution is 2.43.